The zero-order valence-electron chi connectivity index (χ0n) is 16.0. The largest absolute Gasteiger partial charge is 0.336 e. The molecule has 27 heavy (non-hydrogen) atoms. The van der Waals surface area contributed by atoms with Crippen molar-refractivity contribution in [2.75, 3.05) is 13.1 Å². The molecule has 7 nitrogen and oxygen atoms in total. The predicted molar refractivity (Wildman–Crippen MR) is 102 cm³/mol. The van der Waals surface area contributed by atoms with E-state index in [9.17, 15) is 19.7 Å². The van der Waals surface area contributed by atoms with Crippen molar-refractivity contribution < 1.29 is 14.5 Å². The number of amides is 2. The molecule has 2 aliphatic rings. The molecule has 0 bridgehead atoms. The van der Waals surface area contributed by atoms with Crippen LogP contribution in [0.25, 0.3) is 0 Å². The molecule has 1 aromatic carbocycles. The van der Waals surface area contributed by atoms with E-state index in [0.717, 1.165) is 38.5 Å². The average Bonchev–Trinajstić information content (AvgIpc) is 2.67. The number of likely N-dealkylation sites (tertiary alicyclic amines) is 2. The molecule has 0 N–H and O–H groups in total. The SMILES string of the molecule is C[C@@H]1CCCCN1C(=O)c1cc(C(=O)N2CCCC[C@@H]2C)cc([N+](=O)[O-])c1. The summed E-state index contributed by atoms with van der Waals surface area (Å²) in [6.45, 7) is 5.29. The van der Waals surface area contributed by atoms with Gasteiger partial charge >= 0.3 is 0 Å². The Balaban J connectivity index is 1.94. The lowest BCUT2D eigenvalue weighted by Gasteiger charge is -2.34. The Hall–Kier alpha value is -2.44. The normalized spacial score (nSPS) is 23.2. The molecule has 2 fully saturated rings. The molecule has 2 atom stereocenters. The van der Waals surface area contributed by atoms with Crippen LogP contribution in [-0.2, 0) is 0 Å². The summed E-state index contributed by atoms with van der Waals surface area (Å²) in [5.41, 5.74) is 0.246. The van der Waals surface area contributed by atoms with Crippen molar-refractivity contribution in [1.29, 1.82) is 0 Å². The third-order valence-electron chi connectivity index (χ3n) is 5.75. The smallest absolute Gasteiger partial charge is 0.271 e. The zero-order chi connectivity index (χ0) is 19.6. The molecule has 2 aliphatic heterocycles. The van der Waals surface area contributed by atoms with Crippen molar-refractivity contribution in [3.8, 4) is 0 Å². The first-order valence-corrected chi connectivity index (χ1v) is 9.80. The summed E-state index contributed by atoms with van der Waals surface area (Å²) < 4.78 is 0. The standard InChI is InChI=1S/C20H27N3O4/c1-14-7-3-5-9-21(14)19(24)16-11-17(13-18(12-16)23(26)27)20(25)22-10-6-4-8-15(22)2/h11-15H,3-10H2,1-2H3/t14-,15+. The molecule has 0 saturated carbocycles. The molecule has 2 amide bonds. The van der Waals surface area contributed by atoms with Gasteiger partial charge in [-0.15, -0.1) is 0 Å². The van der Waals surface area contributed by atoms with E-state index in [2.05, 4.69) is 0 Å². The third-order valence-corrected chi connectivity index (χ3v) is 5.75. The summed E-state index contributed by atoms with van der Waals surface area (Å²) in [7, 11) is 0. The maximum absolute atomic E-state index is 13.0. The maximum Gasteiger partial charge on any atom is 0.271 e. The zero-order valence-corrected chi connectivity index (χ0v) is 16.0. The fraction of sp³-hybridized carbons (Fsp3) is 0.600. The molecule has 0 unspecified atom stereocenters. The molecule has 1 aromatic rings. The summed E-state index contributed by atoms with van der Waals surface area (Å²) in [4.78, 5) is 40.3. The number of hydrogen-bond acceptors (Lipinski definition) is 4. The van der Waals surface area contributed by atoms with Crippen LogP contribution in [0.2, 0.25) is 0 Å². The minimum absolute atomic E-state index is 0.104. The Kier molecular flexibility index (Phi) is 5.77. The highest BCUT2D eigenvalue weighted by atomic mass is 16.6. The van der Waals surface area contributed by atoms with Gasteiger partial charge in [0.15, 0.2) is 0 Å². The van der Waals surface area contributed by atoms with Gasteiger partial charge in [0, 0.05) is 48.4 Å². The van der Waals surface area contributed by atoms with E-state index in [1.807, 2.05) is 13.8 Å². The lowest BCUT2D eigenvalue weighted by atomic mass is 9.99. The van der Waals surface area contributed by atoms with Gasteiger partial charge in [0.1, 0.15) is 0 Å². The predicted octanol–water partition coefficient (Wildman–Crippen LogP) is 3.62. The van der Waals surface area contributed by atoms with Crippen molar-refractivity contribution >= 4 is 17.5 Å². The average molecular weight is 373 g/mol. The van der Waals surface area contributed by atoms with Gasteiger partial charge in [-0.3, -0.25) is 19.7 Å². The first-order chi connectivity index (χ1) is 12.9. The van der Waals surface area contributed by atoms with E-state index in [-0.39, 0.29) is 40.7 Å². The minimum Gasteiger partial charge on any atom is -0.336 e. The highest BCUT2D eigenvalue weighted by molar-refractivity contribution is 6.01. The van der Waals surface area contributed by atoms with Crippen molar-refractivity contribution in [1.82, 2.24) is 9.80 Å². The number of rotatable bonds is 3. The van der Waals surface area contributed by atoms with Crippen LogP contribution >= 0.6 is 0 Å². The highest BCUT2D eigenvalue weighted by Gasteiger charge is 2.29. The van der Waals surface area contributed by atoms with Crippen molar-refractivity contribution in [3.63, 3.8) is 0 Å². The molecule has 0 aromatic heterocycles. The molecular weight excluding hydrogens is 346 g/mol. The third kappa shape index (κ3) is 4.12. The van der Waals surface area contributed by atoms with Gasteiger partial charge in [-0.05, 0) is 58.4 Å². The number of benzene rings is 1. The van der Waals surface area contributed by atoms with Crippen LogP contribution in [0.4, 0.5) is 5.69 Å². The Morgan fingerprint density at radius 1 is 0.889 bits per heavy atom. The van der Waals surface area contributed by atoms with Gasteiger partial charge < -0.3 is 9.80 Å². The van der Waals surface area contributed by atoms with E-state index in [1.165, 1.54) is 18.2 Å². The number of nitro groups is 1. The number of non-ortho nitro benzene ring substituents is 1. The maximum atomic E-state index is 13.0. The second-order valence-electron chi connectivity index (χ2n) is 7.71. The molecule has 146 valence electrons. The second kappa shape index (κ2) is 8.06. The number of carbonyl (C=O) groups excluding carboxylic acids is 2. The van der Waals surface area contributed by atoms with Crippen LogP contribution < -0.4 is 0 Å². The first-order valence-electron chi connectivity index (χ1n) is 9.80. The number of nitro benzene ring substituents is 1. The summed E-state index contributed by atoms with van der Waals surface area (Å²) in [6.07, 6.45) is 5.88. The van der Waals surface area contributed by atoms with Crippen molar-refractivity contribution in [2.45, 2.75) is 64.5 Å². The second-order valence-corrected chi connectivity index (χ2v) is 7.71. The van der Waals surface area contributed by atoms with Gasteiger partial charge in [0.25, 0.3) is 17.5 Å². The Morgan fingerprint density at radius 2 is 1.33 bits per heavy atom. The van der Waals surface area contributed by atoms with E-state index in [0.29, 0.717) is 13.1 Å². The van der Waals surface area contributed by atoms with Gasteiger partial charge in [-0.1, -0.05) is 0 Å². The Morgan fingerprint density at radius 3 is 1.70 bits per heavy atom. The first kappa shape index (κ1) is 19.3. The molecule has 0 aliphatic carbocycles. The summed E-state index contributed by atoms with van der Waals surface area (Å²) in [5, 5.41) is 11.4. The lowest BCUT2D eigenvalue weighted by Crippen LogP contribution is -2.43. The van der Waals surface area contributed by atoms with Crippen LogP contribution in [0.3, 0.4) is 0 Å². The van der Waals surface area contributed by atoms with Crippen LogP contribution in [0, 0.1) is 10.1 Å². The van der Waals surface area contributed by atoms with Gasteiger partial charge in [-0.25, -0.2) is 0 Å². The van der Waals surface area contributed by atoms with E-state index < -0.39 is 4.92 Å². The molecule has 0 radical (unpaired) electrons. The summed E-state index contributed by atoms with van der Waals surface area (Å²) in [6, 6.07) is 4.32. The summed E-state index contributed by atoms with van der Waals surface area (Å²) >= 11 is 0. The highest BCUT2D eigenvalue weighted by Crippen LogP contribution is 2.25. The quantitative estimate of drug-likeness (QED) is 0.598. The Labute approximate surface area is 159 Å². The van der Waals surface area contributed by atoms with Gasteiger partial charge in [0.2, 0.25) is 0 Å². The monoisotopic (exact) mass is 373 g/mol. The van der Waals surface area contributed by atoms with Crippen LogP contribution in [0.1, 0.15) is 73.1 Å². The fourth-order valence-electron chi connectivity index (χ4n) is 4.09. The van der Waals surface area contributed by atoms with Crippen molar-refractivity contribution in [2.24, 2.45) is 0 Å². The number of piperidine rings is 2. The number of carbonyl (C=O) groups is 2. The summed E-state index contributed by atoms with van der Waals surface area (Å²) in [5.74, 6) is -0.460. The van der Waals surface area contributed by atoms with Crippen LogP contribution in [0.5, 0.6) is 0 Å². The van der Waals surface area contributed by atoms with Crippen LogP contribution in [-0.4, -0.2) is 51.7 Å². The lowest BCUT2D eigenvalue weighted by molar-refractivity contribution is -0.384. The molecular formula is C20H27N3O4. The molecule has 0 spiro atoms. The fourth-order valence-corrected chi connectivity index (χ4v) is 4.09. The molecule has 3 rings (SSSR count). The van der Waals surface area contributed by atoms with Crippen LogP contribution in [0.15, 0.2) is 18.2 Å². The van der Waals surface area contributed by atoms with E-state index in [4.69, 9.17) is 0 Å². The minimum atomic E-state index is -0.535. The van der Waals surface area contributed by atoms with Crippen molar-refractivity contribution in [3.05, 3.63) is 39.4 Å². The number of hydrogen-bond donors (Lipinski definition) is 0. The molecule has 7 heteroatoms. The molecule has 2 saturated heterocycles. The molecule has 2 heterocycles. The number of nitrogens with zero attached hydrogens (tertiary/aromatic N) is 3. The van der Waals surface area contributed by atoms with Gasteiger partial charge in [-0.2, -0.15) is 0 Å². The Bertz CT molecular complexity index is 696. The van der Waals surface area contributed by atoms with Gasteiger partial charge in [0.05, 0.1) is 4.92 Å². The van der Waals surface area contributed by atoms with E-state index >= 15 is 0 Å². The van der Waals surface area contributed by atoms with E-state index in [1.54, 1.807) is 9.80 Å². The topological polar surface area (TPSA) is 83.8 Å².